The summed E-state index contributed by atoms with van der Waals surface area (Å²) in [5, 5.41) is 0. The van der Waals surface area contributed by atoms with Crippen molar-refractivity contribution < 1.29 is 9.53 Å². The van der Waals surface area contributed by atoms with Gasteiger partial charge in [-0.2, -0.15) is 0 Å². The van der Waals surface area contributed by atoms with Gasteiger partial charge >= 0.3 is 0 Å². The predicted octanol–water partition coefficient (Wildman–Crippen LogP) is 4.68. The largest absolute Gasteiger partial charge is 0.494 e. The Kier molecular flexibility index (Phi) is 4.29. The summed E-state index contributed by atoms with van der Waals surface area (Å²) < 4.78 is 5.39. The Bertz CT molecular complexity index is 588. The number of ketones is 1. The van der Waals surface area contributed by atoms with Crippen LogP contribution in [-0.2, 0) is 5.41 Å². The fourth-order valence-corrected chi connectivity index (χ4v) is 2.90. The SMILES string of the molecule is CCOc1ccc(C(=O)c2ccc(C(C)(C)C)s2)cc1. The van der Waals surface area contributed by atoms with Gasteiger partial charge in [0, 0.05) is 10.4 Å². The summed E-state index contributed by atoms with van der Waals surface area (Å²) in [5.74, 6) is 0.874. The summed E-state index contributed by atoms with van der Waals surface area (Å²) in [6.07, 6.45) is 0. The van der Waals surface area contributed by atoms with E-state index in [0.29, 0.717) is 12.2 Å². The maximum absolute atomic E-state index is 12.4. The summed E-state index contributed by atoms with van der Waals surface area (Å²) in [7, 11) is 0. The zero-order chi connectivity index (χ0) is 14.8. The van der Waals surface area contributed by atoms with Crippen LogP contribution in [-0.4, -0.2) is 12.4 Å². The molecule has 106 valence electrons. The van der Waals surface area contributed by atoms with Gasteiger partial charge in [0.15, 0.2) is 0 Å². The van der Waals surface area contributed by atoms with Crippen molar-refractivity contribution in [1.82, 2.24) is 0 Å². The molecule has 3 heteroatoms. The van der Waals surface area contributed by atoms with E-state index >= 15 is 0 Å². The van der Waals surface area contributed by atoms with Crippen LogP contribution in [0.5, 0.6) is 5.75 Å². The number of benzene rings is 1. The number of ether oxygens (including phenoxy) is 1. The molecule has 1 aromatic carbocycles. The molecule has 0 radical (unpaired) electrons. The third-order valence-corrected chi connectivity index (χ3v) is 4.51. The minimum Gasteiger partial charge on any atom is -0.494 e. The van der Waals surface area contributed by atoms with E-state index in [4.69, 9.17) is 4.74 Å². The van der Waals surface area contributed by atoms with Gasteiger partial charge in [0.1, 0.15) is 5.75 Å². The fraction of sp³-hybridized carbons (Fsp3) is 0.353. The van der Waals surface area contributed by atoms with Crippen molar-refractivity contribution in [2.45, 2.75) is 33.1 Å². The maximum Gasteiger partial charge on any atom is 0.202 e. The van der Waals surface area contributed by atoms with E-state index in [0.717, 1.165) is 10.6 Å². The maximum atomic E-state index is 12.4. The molecular weight excluding hydrogens is 268 g/mol. The molecule has 0 fully saturated rings. The highest BCUT2D eigenvalue weighted by molar-refractivity contribution is 7.14. The predicted molar refractivity (Wildman–Crippen MR) is 84.1 cm³/mol. The van der Waals surface area contributed by atoms with E-state index in [2.05, 4.69) is 20.8 Å². The van der Waals surface area contributed by atoms with Crippen LogP contribution in [0.1, 0.15) is 47.8 Å². The van der Waals surface area contributed by atoms with Gasteiger partial charge in [-0.1, -0.05) is 20.8 Å². The van der Waals surface area contributed by atoms with E-state index in [9.17, 15) is 4.79 Å². The average molecular weight is 288 g/mol. The quantitative estimate of drug-likeness (QED) is 0.764. The normalized spacial score (nSPS) is 11.4. The van der Waals surface area contributed by atoms with Crippen LogP contribution in [0.3, 0.4) is 0 Å². The summed E-state index contributed by atoms with van der Waals surface area (Å²) in [6, 6.07) is 11.3. The third-order valence-electron chi connectivity index (χ3n) is 3.00. The van der Waals surface area contributed by atoms with Gasteiger partial charge in [0.2, 0.25) is 5.78 Å². The molecule has 0 saturated carbocycles. The number of hydrogen-bond acceptors (Lipinski definition) is 3. The van der Waals surface area contributed by atoms with Gasteiger partial charge in [-0.15, -0.1) is 11.3 Å². The first-order chi connectivity index (χ1) is 9.41. The lowest BCUT2D eigenvalue weighted by Gasteiger charge is -2.15. The molecule has 1 aromatic heterocycles. The molecule has 0 amide bonds. The summed E-state index contributed by atoms with van der Waals surface area (Å²) >= 11 is 1.58. The molecule has 0 unspecified atom stereocenters. The summed E-state index contributed by atoms with van der Waals surface area (Å²) in [4.78, 5) is 14.4. The molecule has 0 N–H and O–H groups in total. The van der Waals surface area contributed by atoms with Gasteiger partial charge in [0.05, 0.1) is 11.5 Å². The van der Waals surface area contributed by atoms with E-state index in [1.54, 1.807) is 11.3 Å². The van der Waals surface area contributed by atoms with Crippen molar-refractivity contribution in [2.24, 2.45) is 0 Å². The van der Waals surface area contributed by atoms with Gasteiger partial charge in [0.25, 0.3) is 0 Å². The van der Waals surface area contributed by atoms with Crippen LogP contribution in [0.15, 0.2) is 36.4 Å². The van der Waals surface area contributed by atoms with Crippen molar-refractivity contribution in [2.75, 3.05) is 6.61 Å². The number of hydrogen-bond donors (Lipinski definition) is 0. The highest BCUT2D eigenvalue weighted by atomic mass is 32.1. The van der Waals surface area contributed by atoms with Gasteiger partial charge in [-0.3, -0.25) is 4.79 Å². The second kappa shape index (κ2) is 5.80. The van der Waals surface area contributed by atoms with Gasteiger partial charge < -0.3 is 4.74 Å². The Hall–Kier alpha value is -1.61. The summed E-state index contributed by atoms with van der Waals surface area (Å²) in [6.45, 7) is 9.05. The Morgan fingerprint density at radius 1 is 1.10 bits per heavy atom. The van der Waals surface area contributed by atoms with Crippen LogP contribution >= 0.6 is 11.3 Å². The van der Waals surface area contributed by atoms with Crippen LogP contribution in [0, 0.1) is 0 Å². The molecule has 0 bridgehead atoms. The van der Waals surface area contributed by atoms with Crippen LogP contribution in [0.2, 0.25) is 0 Å². The average Bonchev–Trinajstić information content (AvgIpc) is 2.89. The Morgan fingerprint density at radius 3 is 2.25 bits per heavy atom. The second-order valence-electron chi connectivity index (χ2n) is 5.70. The highest BCUT2D eigenvalue weighted by Crippen LogP contribution is 2.30. The number of carbonyl (C=O) groups is 1. The first-order valence-electron chi connectivity index (χ1n) is 6.79. The Labute approximate surface area is 124 Å². The Balaban J connectivity index is 2.20. The highest BCUT2D eigenvalue weighted by Gasteiger charge is 2.19. The van der Waals surface area contributed by atoms with Crippen molar-refractivity contribution in [3.63, 3.8) is 0 Å². The Morgan fingerprint density at radius 2 is 1.75 bits per heavy atom. The first kappa shape index (κ1) is 14.8. The molecule has 0 aliphatic rings. The van der Waals surface area contributed by atoms with Crippen molar-refractivity contribution >= 4 is 17.1 Å². The topological polar surface area (TPSA) is 26.3 Å². The van der Waals surface area contributed by atoms with Crippen LogP contribution in [0.25, 0.3) is 0 Å². The zero-order valence-electron chi connectivity index (χ0n) is 12.4. The van der Waals surface area contributed by atoms with Crippen molar-refractivity contribution in [1.29, 1.82) is 0 Å². The molecular formula is C17H20O2S. The molecule has 20 heavy (non-hydrogen) atoms. The molecule has 2 nitrogen and oxygen atoms in total. The van der Waals surface area contributed by atoms with Gasteiger partial charge in [-0.25, -0.2) is 0 Å². The lowest BCUT2D eigenvalue weighted by atomic mass is 9.95. The van der Waals surface area contributed by atoms with E-state index < -0.39 is 0 Å². The van der Waals surface area contributed by atoms with Gasteiger partial charge in [-0.05, 0) is 48.7 Å². The van der Waals surface area contributed by atoms with E-state index in [1.165, 1.54) is 4.88 Å². The molecule has 1 heterocycles. The minimum atomic E-state index is 0.0774. The monoisotopic (exact) mass is 288 g/mol. The van der Waals surface area contributed by atoms with E-state index in [-0.39, 0.29) is 11.2 Å². The van der Waals surface area contributed by atoms with E-state index in [1.807, 2.05) is 43.3 Å². The molecule has 0 atom stereocenters. The van der Waals surface area contributed by atoms with Crippen molar-refractivity contribution in [3.8, 4) is 5.75 Å². The molecule has 2 rings (SSSR count). The number of rotatable bonds is 4. The molecule has 0 saturated heterocycles. The molecule has 2 aromatic rings. The third kappa shape index (κ3) is 3.28. The number of thiophene rings is 1. The second-order valence-corrected chi connectivity index (χ2v) is 6.78. The smallest absolute Gasteiger partial charge is 0.202 e. The van der Waals surface area contributed by atoms with Crippen LogP contribution in [0.4, 0.5) is 0 Å². The molecule has 0 spiro atoms. The minimum absolute atomic E-state index is 0.0774. The lowest BCUT2D eigenvalue weighted by molar-refractivity contribution is 0.104. The first-order valence-corrected chi connectivity index (χ1v) is 7.61. The number of carbonyl (C=O) groups excluding carboxylic acids is 1. The standard InChI is InChI=1S/C17H20O2S/c1-5-19-13-8-6-12(7-9-13)16(18)14-10-11-15(20-14)17(2,3)4/h6-11H,5H2,1-4H3. The fourth-order valence-electron chi connectivity index (χ4n) is 1.87. The zero-order valence-corrected chi connectivity index (χ0v) is 13.2. The summed E-state index contributed by atoms with van der Waals surface area (Å²) in [5.41, 5.74) is 0.790. The lowest BCUT2D eigenvalue weighted by Crippen LogP contribution is -2.07. The van der Waals surface area contributed by atoms with Crippen molar-refractivity contribution in [3.05, 3.63) is 51.7 Å². The molecule has 0 aliphatic heterocycles. The van der Waals surface area contributed by atoms with Crippen LogP contribution < -0.4 is 4.74 Å². The molecule has 0 aliphatic carbocycles.